The summed E-state index contributed by atoms with van der Waals surface area (Å²) < 4.78 is 5.48. The van der Waals surface area contributed by atoms with Crippen LogP contribution in [-0.2, 0) is 4.74 Å². The summed E-state index contributed by atoms with van der Waals surface area (Å²) in [6, 6.07) is 9.95. The fourth-order valence-corrected chi connectivity index (χ4v) is 3.81. The van der Waals surface area contributed by atoms with Crippen molar-refractivity contribution >= 4 is 17.7 Å². The highest BCUT2D eigenvalue weighted by atomic mass is 32.2. The fraction of sp³-hybridized carbons (Fsp3) is 0.400. The van der Waals surface area contributed by atoms with Crippen LogP contribution in [0, 0.1) is 19.8 Å². The van der Waals surface area contributed by atoms with Gasteiger partial charge >= 0.3 is 0 Å². The van der Waals surface area contributed by atoms with E-state index in [9.17, 15) is 4.79 Å². The van der Waals surface area contributed by atoms with Gasteiger partial charge in [0.1, 0.15) is 5.03 Å². The van der Waals surface area contributed by atoms with Crippen LogP contribution >= 0.6 is 11.8 Å². The van der Waals surface area contributed by atoms with E-state index in [1.807, 2.05) is 12.1 Å². The minimum Gasteiger partial charge on any atom is -0.381 e. The summed E-state index contributed by atoms with van der Waals surface area (Å²) in [7, 11) is 0. The Balaban J connectivity index is 1.69. The Kier molecular flexibility index (Phi) is 6.10. The maximum atomic E-state index is 12.6. The second-order valence-corrected chi connectivity index (χ2v) is 7.56. The normalized spacial score (nSPS) is 17.3. The van der Waals surface area contributed by atoms with Crippen molar-refractivity contribution < 1.29 is 9.53 Å². The van der Waals surface area contributed by atoms with Crippen LogP contribution in [-0.4, -0.2) is 30.6 Å². The molecule has 0 spiro atoms. The van der Waals surface area contributed by atoms with Crippen molar-refractivity contribution in [3.8, 4) is 0 Å². The number of benzene rings is 1. The van der Waals surface area contributed by atoms with Crippen molar-refractivity contribution in [2.24, 2.45) is 5.92 Å². The number of nitrogens with one attached hydrogen (secondary N) is 1. The summed E-state index contributed by atoms with van der Waals surface area (Å²) in [5.74, 6) is 0.343. The Bertz CT molecular complexity index is 742. The topological polar surface area (TPSA) is 51.2 Å². The van der Waals surface area contributed by atoms with Gasteiger partial charge in [0.05, 0.1) is 12.2 Å². The lowest BCUT2D eigenvalue weighted by atomic mass is 10.0. The van der Waals surface area contributed by atoms with E-state index in [1.165, 1.54) is 22.9 Å². The van der Waals surface area contributed by atoms with E-state index >= 15 is 0 Å². The predicted octanol–water partition coefficient (Wildman–Crippen LogP) is 4.01. The number of hydrogen-bond donors (Lipinski definition) is 1. The molecule has 5 heteroatoms. The highest BCUT2D eigenvalue weighted by Gasteiger charge is 2.17. The van der Waals surface area contributed by atoms with Crippen molar-refractivity contribution in [1.29, 1.82) is 0 Å². The van der Waals surface area contributed by atoms with Crippen molar-refractivity contribution in [3.63, 3.8) is 0 Å². The van der Waals surface area contributed by atoms with Crippen molar-refractivity contribution in [1.82, 2.24) is 10.3 Å². The summed E-state index contributed by atoms with van der Waals surface area (Å²) in [6.45, 7) is 6.42. The smallest absolute Gasteiger partial charge is 0.254 e. The van der Waals surface area contributed by atoms with E-state index in [2.05, 4.69) is 42.3 Å². The van der Waals surface area contributed by atoms with E-state index in [1.54, 1.807) is 6.20 Å². The van der Waals surface area contributed by atoms with Crippen LogP contribution in [0.15, 0.2) is 46.5 Å². The second-order valence-electron chi connectivity index (χ2n) is 6.50. The first kappa shape index (κ1) is 18.0. The molecule has 0 saturated carbocycles. The maximum absolute atomic E-state index is 12.6. The molecule has 0 unspecified atom stereocenters. The molecule has 2 heterocycles. The van der Waals surface area contributed by atoms with Crippen LogP contribution < -0.4 is 5.32 Å². The van der Waals surface area contributed by atoms with Crippen molar-refractivity contribution in [3.05, 3.63) is 53.2 Å². The molecule has 1 amide bonds. The van der Waals surface area contributed by atoms with Gasteiger partial charge in [0, 0.05) is 24.2 Å². The van der Waals surface area contributed by atoms with Crippen LogP contribution in [0.25, 0.3) is 0 Å². The molecule has 0 aliphatic carbocycles. The average Bonchev–Trinajstić information content (AvgIpc) is 2.64. The number of hydrogen-bond acceptors (Lipinski definition) is 4. The lowest BCUT2D eigenvalue weighted by molar-refractivity contribution is 0.0536. The number of ether oxygens (including phenoxy) is 1. The minimum absolute atomic E-state index is 0.0648. The van der Waals surface area contributed by atoms with Gasteiger partial charge < -0.3 is 10.1 Å². The van der Waals surface area contributed by atoms with E-state index in [0.29, 0.717) is 18.0 Å². The third kappa shape index (κ3) is 4.83. The number of carbonyl (C=O) groups is 1. The fourth-order valence-electron chi connectivity index (χ4n) is 2.83. The van der Waals surface area contributed by atoms with Crippen LogP contribution in [0.2, 0.25) is 0 Å². The van der Waals surface area contributed by atoms with E-state index in [-0.39, 0.29) is 5.91 Å². The van der Waals surface area contributed by atoms with Crippen molar-refractivity contribution in [2.75, 3.05) is 19.8 Å². The summed E-state index contributed by atoms with van der Waals surface area (Å²) >= 11 is 1.53. The third-order valence-electron chi connectivity index (χ3n) is 4.51. The molecule has 3 rings (SSSR count). The molecule has 0 radical (unpaired) electrons. The molecule has 25 heavy (non-hydrogen) atoms. The second kappa shape index (κ2) is 8.50. The summed E-state index contributed by atoms with van der Waals surface area (Å²) in [5.41, 5.74) is 3.13. The number of rotatable bonds is 5. The van der Waals surface area contributed by atoms with Crippen LogP contribution in [0.1, 0.15) is 34.3 Å². The predicted molar refractivity (Wildman–Crippen MR) is 100 cm³/mol. The molecule has 0 bridgehead atoms. The quantitative estimate of drug-likeness (QED) is 0.879. The SMILES string of the molecule is Cc1ccc(Sc2ncccc2C(=O)NC[C@H]2CCCOC2)cc1C. The number of aryl methyl sites for hydroxylation is 2. The Hall–Kier alpha value is -1.85. The molecule has 4 nitrogen and oxygen atoms in total. The minimum atomic E-state index is -0.0648. The van der Waals surface area contributed by atoms with Gasteiger partial charge in [-0.15, -0.1) is 0 Å². The third-order valence-corrected chi connectivity index (χ3v) is 5.52. The number of nitrogens with zero attached hydrogens (tertiary/aromatic N) is 1. The highest BCUT2D eigenvalue weighted by molar-refractivity contribution is 7.99. The summed E-state index contributed by atoms with van der Waals surface area (Å²) in [4.78, 5) is 18.1. The van der Waals surface area contributed by atoms with Gasteiger partial charge in [-0.05, 0) is 68.0 Å². The monoisotopic (exact) mass is 356 g/mol. The van der Waals surface area contributed by atoms with Gasteiger partial charge in [0.2, 0.25) is 0 Å². The zero-order chi connectivity index (χ0) is 17.6. The largest absolute Gasteiger partial charge is 0.381 e. The zero-order valence-electron chi connectivity index (χ0n) is 14.7. The molecule has 1 aliphatic heterocycles. The molecule has 1 N–H and O–H groups in total. The first-order valence-corrected chi connectivity index (χ1v) is 9.51. The molecule has 1 aliphatic rings. The van der Waals surface area contributed by atoms with Gasteiger partial charge in [-0.25, -0.2) is 4.98 Å². The molecule has 1 aromatic carbocycles. The Morgan fingerprint density at radius 3 is 2.96 bits per heavy atom. The van der Waals surface area contributed by atoms with Crippen molar-refractivity contribution in [2.45, 2.75) is 36.6 Å². The van der Waals surface area contributed by atoms with Gasteiger partial charge in [-0.2, -0.15) is 0 Å². The standard InChI is InChI=1S/C20H24N2O2S/c1-14-7-8-17(11-15(14)2)25-20-18(6-3-9-21-20)19(23)22-12-16-5-4-10-24-13-16/h3,6-9,11,16H,4-5,10,12-13H2,1-2H3,(H,22,23)/t16-/m1/s1. The summed E-state index contributed by atoms with van der Waals surface area (Å²) in [6.07, 6.45) is 3.91. The molecule has 1 saturated heterocycles. The lowest BCUT2D eigenvalue weighted by Gasteiger charge is -2.22. The number of amides is 1. The number of carbonyl (C=O) groups excluding carboxylic acids is 1. The molecule has 1 atom stereocenters. The van der Waals surface area contributed by atoms with Crippen LogP contribution in [0.3, 0.4) is 0 Å². The summed E-state index contributed by atoms with van der Waals surface area (Å²) in [5, 5.41) is 3.78. The average molecular weight is 356 g/mol. The van der Waals surface area contributed by atoms with Gasteiger partial charge in [-0.3, -0.25) is 4.79 Å². The van der Waals surface area contributed by atoms with Crippen LogP contribution in [0.4, 0.5) is 0 Å². The Morgan fingerprint density at radius 1 is 1.32 bits per heavy atom. The lowest BCUT2D eigenvalue weighted by Crippen LogP contribution is -2.33. The molecular formula is C20H24N2O2S. The Labute approximate surface area is 153 Å². The maximum Gasteiger partial charge on any atom is 0.254 e. The molecule has 1 fully saturated rings. The molecular weight excluding hydrogens is 332 g/mol. The van der Waals surface area contributed by atoms with Gasteiger partial charge in [-0.1, -0.05) is 17.8 Å². The number of aromatic nitrogens is 1. The van der Waals surface area contributed by atoms with E-state index in [0.717, 1.165) is 36.0 Å². The first-order valence-electron chi connectivity index (χ1n) is 8.69. The van der Waals surface area contributed by atoms with Crippen LogP contribution in [0.5, 0.6) is 0 Å². The van der Waals surface area contributed by atoms with Gasteiger partial charge in [0.25, 0.3) is 5.91 Å². The first-order chi connectivity index (χ1) is 12.1. The molecule has 1 aromatic heterocycles. The molecule has 2 aromatic rings. The number of pyridine rings is 1. The zero-order valence-corrected chi connectivity index (χ0v) is 15.6. The van der Waals surface area contributed by atoms with E-state index < -0.39 is 0 Å². The highest BCUT2D eigenvalue weighted by Crippen LogP contribution is 2.30. The van der Waals surface area contributed by atoms with E-state index in [4.69, 9.17) is 4.74 Å². The van der Waals surface area contributed by atoms with Gasteiger partial charge in [0.15, 0.2) is 0 Å². The molecule has 132 valence electrons. The Morgan fingerprint density at radius 2 is 2.20 bits per heavy atom.